The number of aliphatic carboxylic acids is 1. The van der Waals surface area contributed by atoms with Gasteiger partial charge >= 0.3 is 12.1 Å². The summed E-state index contributed by atoms with van der Waals surface area (Å²) in [5, 5.41) is 20.5. The number of thioether (sulfide) groups is 1. The van der Waals surface area contributed by atoms with Crippen LogP contribution in [0.25, 0.3) is 10.9 Å². The van der Waals surface area contributed by atoms with Crippen LogP contribution in [-0.4, -0.2) is 87.6 Å². The SMILES string of the molecule is CSCC[C@H](NC(=O)[C@H](Cc1c[nH]c2ccccc12)NC(=O)OC(C)(C)C)C(=O)N[C@H](CC(=O)O)C(=O)N[C@@H](Cc1ccccc1)C(N)=O. The van der Waals surface area contributed by atoms with Gasteiger partial charge in [-0.2, -0.15) is 11.8 Å². The highest BCUT2D eigenvalue weighted by molar-refractivity contribution is 7.98. The standard InChI is InChI=1S/C34H44N6O8S/c1-34(2,3)48-33(47)40-26(17-21-19-36-23-13-9-8-12-22(21)23)31(45)37-24(14-15-49-4)30(44)39-27(18-28(41)42)32(46)38-25(29(35)43)16-20-10-6-5-7-11-20/h5-13,19,24-27,36H,14-18H2,1-4H3,(H2,35,43)(H,37,45)(H,38,46)(H,39,44)(H,40,47)(H,41,42)/t24-,25-,26-,27+/m0/s1. The van der Waals surface area contributed by atoms with E-state index in [1.54, 1.807) is 63.6 Å². The number of ether oxygens (including phenoxy) is 1. The monoisotopic (exact) mass is 696 g/mol. The molecule has 0 bridgehead atoms. The van der Waals surface area contributed by atoms with E-state index in [1.165, 1.54) is 11.8 Å². The molecule has 2 aromatic carbocycles. The average molecular weight is 697 g/mol. The number of rotatable bonds is 17. The van der Waals surface area contributed by atoms with Crippen molar-refractivity contribution >= 4 is 58.4 Å². The number of aromatic amines is 1. The number of carboxylic acid groups (broad SMARTS) is 1. The number of alkyl carbamates (subject to hydrolysis) is 1. The number of fused-ring (bicyclic) bond motifs is 1. The summed E-state index contributed by atoms with van der Waals surface area (Å²) in [7, 11) is 0. The maximum atomic E-state index is 13.8. The topological polar surface area (TPSA) is 222 Å². The maximum Gasteiger partial charge on any atom is 0.408 e. The zero-order chi connectivity index (χ0) is 36.1. The summed E-state index contributed by atoms with van der Waals surface area (Å²) in [4.78, 5) is 80.4. The molecule has 1 heterocycles. The molecule has 0 aliphatic rings. The molecule has 0 saturated heterocycles. The van der Waals surface area contributed by atoms with E-state index in [9.17, 15) is 33.9 Å². The molecule has 8 N–H and O–H groups in total. The Morgan fingerprint density at radius 2 is 1.41 bits per heavy atom. The molecule has 5 amide bonds. The molecule has 1 aromatic heterocycles. The first-order valence-corrected chi connectivity index (χ1v) is 17.1. The van der Waals surface area contributed by atoms with Gasteiger partial charge in [-0.25, -0.2) is 4.79 Å². The second-order valence-electron chi connectivity index (χ2n) is 12.4. The normalized spacial score (nSPS) is 13.7. The Bertz CT molecular complexity index is 1620. The minimum atomic E-state index is -1.60. The van der Waals surface area contributed by atoms with E-state index < -0.39 is 71.9 Å². The molecule has 49 heavy (non-hydrogen) atoms. The van der Waals surface area contributed by atoms with Crippen molar-refractivity contribution in [3.63, 3.8) is 0 Å². The van der Waals surface area contributed by atoms with Gasteiger partial charge in [-0.1, -0.05) is 48.5 Å². The van der Waals surface area contributed by atoms with Gasteiger partial charge in [-0.05, 0) is 56.4 Å². The van der Waals surface area contributed by atoms with Gasteiger partial charge in [0.2, 0.25) is 23.6 Å². The van der Waals surface area contributed by atoms with Crippen LogP contribution in [-0.2, 0) is 41.6 Å². The molecule has 0 spiro atoms. The van der Waals surface area contributed by atoms with Crippen molar-refractivity contribution < 1.29 is 38.6 Å². The molecule has 0 aliphatic heterocycles. The Kier molecular flexibility index (Phi) is 14.0. The molecule has 0 fully saturated rings. The number of amides is 5. The van der Waals surface area contributed by atoms with Crippen LogP contribution < -0.4 is 27.0 Å². The molecule has 0 aliphatic carbocycles. The van der Waals surface area contributed by atoms with E-state index in [4.69, 9.17) is 10.5 Å². The summed E-state index contributed by atoms with van der Waals surface area (Å²) in [6.45, 7) is 5.04. The average Bonchev–Trinajstić information content (AvgIpc) is 3.43. The lowest BCUT2D eigenvalue weighted by atomic mass is 10.0. The minimum absolute atomic E-state index is 0.0462. The van der Waals surface area contributed by atoms with Gasteiger partial charge in [0, 0.05) is 29.9 Å². The number of nitrogens with one attached hydrogen (secondary N) is 5. The van der Waals surface area contributed by atoms with E-state index in [2.05, 4.69) is 26.3 Å². The van der Waals surface area contributed by atoms with Gasteiger partial charge in [0.05, 0.1) is 6.42 Å². The minimum Gasteiger partial charge on any atom is -0.481 e. The molecule has 264 valence electrons. The number of para-hydroxylation sites is 1. The Morgan fingerprint density at radius 1 is 0.816 bits per heavy atom. The van der Waals surface area contributed by atoms with Crippen LogP contribution in [0.3, 0.4) is 0 Å². The number of carbonyl (C=O) groups excluding carboxylic acids is 5. The Hall–Kier alpha value is -5.05. The fourth-order valence-corrected chi connectivity index (χ4v) is 5.43. The number of nitrogens with two attached hydrogens (primary N) is 1. The van der Waals surface area contributed by atoms with Gasteiger partial charge < -0.3 is 41.8 Å². The van der Waals surface area contributed by atoms with Crippen LogP contribution >= 0.6 is 11.8 Å². The van der Waals surface area contributed by atoms with Crippen molar-refractivity contribution in [3.05, 3.63) is 71.9 Å². The van der Waals surface area contributed by atoms with Gasteiger partial charge in [-0.3, -0.25) is 24.0 Å². The number of hydrogen-bond acceptors (Lipinski definition) is 8. The molecule has 14 nitrogen and oxygen atoms in total. The Labute approximate surface area is 288 Å². The van der Waals surface area contributed by atoms with Crippen LogP contribution in [0.5, 0.6) is 0 Å². The van der Waals surface area contributed by atoms with Crippen molar-refractivity contribution in [2.45, 2.75) is 76.2 Å². The molecular formula is C34H44N6O8S. The smallest absolute Gasteiger partial charge is 0.408 e. The predicted molar refractivity (Wildman–Crippen MR) is 186 cm³/mol. The molecule has 15 heteroatoms. The number of carboxylic acids is 1. The lowest BCUT2D eigenvalue weighted by Gasteiger charge is -2.26. The summed E-state index contributed by atoms with van der Waals surface area (Å²) >= 11 is 1.40. The largest absolute Gasteiger partial charge is 0.481 e. The van der Waals surface area contributed by atoms with Crippen LogP contribution in [0.1, 0.15) is 44.7 Å². The van der Waals surface area contributed by atoms with Crippen LogP contribution in [0.15, 0.2) is 60.8 Å². The summed E-state index contributed by atoms with van der Waals surface area (Å²) in [6.07, 6.45) is 2.10. The molecular weight excluding hydrogens is 652 g/mol. The second kappa shape index (κ2) is 17.9. The first-order valence-electron chi connectivity index (χ1n) is 15.7. The highest BCUT2D eigenvalue weighted by atomic mass is 32.2. The van der Waals surface area contributed by atoms with Crippen molar-refractivity contribution in [1.82, 2.24) is 26.3 Å². The molecule has 3 rings (SSSR count). The van der Waals surface area contributed by atoms with E-state index >= 15 is 0 Å². The van der Waals surface area contributed by atoms with Gasteiger partial charge in [-0.15, -0.1) is 0 Å². The molecule has 0 radical (unpaired) electrons. The second-order valence-corrected chi connectivity index (χ2v) is 13.4. The first kappa shape index (κ1) is 38.4. The third-order valence-corrected chi connectivity index (χ3v) is 7.95. The van der Waals surface area contributed by atoms with Crippen molar-refractivity contribution in [3.8, 4) is 0 Å². The van der Waals surface area contributed by atoms with Crippen LogP contribution in [0.2, 0.25) is 0 Å². The maximum absolute atomic E-state index is 13.8. The number of hydrogen-bond donors (Lipinski definition) is 7. The number of H-pyrrole nitrogens is 1. The van der Waals surface area contributed by atoms with Crippen molar-refractivity contribution in [1.29, 1.82) is 0 Å². The molecule has 0 unspecified atom stereocenters. The quantitative estimate of drug-likeness (QED) is 0.110. The fourth-order valence-electron chi connectivity index (χ4n) is 4.96. The Morgan fingerprint density at radius 3 is 2.04 bits per heavy atom. The van der Waals surface area contributed by atoms with Crippen LogP contribution in [0.4, 0.5) is 4.79 Å². The predicted octanol–water partition coefficient (Wildman–Crippen LogP) is 2.01. The van der Waals surface area contributed by atoms with Gasteiger partial charge in [0.15, 0.2) is 0 Å². The lowest BCUT2D eigenvalue weighted by molar-refractivity contribution is -0.141. The highest BCUT2D eigenvalue weighted by Crippen LogP contribution is 2.20. The summed E-state index contributed by atoms with van der Waals surface area (Å²) in [5.41, 5.74) is 6.94. The van der Waals surface area contributed by atoms with Crippen molar-refractivity contribution in [2.24, 2.45) is 5.73 Å². The van der Waals surface area contributed by atoms with Crippen molar-refractivity contribution in [2.75, 3.05) is 12.0 Å². The number of primary amides is 1. The van der Waals surface area contributed by atoms with E-state index in [0.29, 0.717) is 11.3 Å². The third-order valence-electron chi connectivity index (χ3n) is 7.30. The third kappa shape index (κ3) is 12.5. The van der Waals surface area contributed by atoms with E-state index in [1.807, 2.05) is 24.3 Å². The van der Waals surface area contributed by atoms with Gasteiger partial charge in [0.1, 0.15) is 29.8 Å². The summed E-state index contributed by atoms with van der Waals surface area (Å²) < 4.78 is 5.39. The highest BCUT2D eigenvalue weighted by Gasteiger charge is 2.33. The zero-order valence-electron chi connectivity index (χ0n) is 27.9. The molecule has 4 atom stereocenters. The van der Waals surface area contributed by atoms with E-state index in [-0.39, 0.29) is 19.3 Å². The molecule has 0 saturated carbocycles. The summed E-state index contributed by atoms with van der Waals surface area (Å²) in [5.74, 6) is -4.28. The molecule has 3 aromatic rings. The first-order chi connectivity index (χ1) is 23.2. The fraction of sp³-hybridized carbons (Fsp3) is 0.412. The lowest BCUT2D eigenvalue weighted by Crippen LogP contribution is -2.59. The van der Waals surface area contributed by atoms with Crippen LogP contribution in [0, 0.1) is 0 Å². The number of carbonyl (C=O) groups is 6. The zero-order valence-corrected chi connectivity index (χ0v) is 28.7. The number of benzene rings is 2. The van der Waals surface area contributed by atoms with E-state index in [0.717, 1.165) is 16.5 Å². The summed E-state index contributed by atoms with van der Waals surface area (Å²) in [6, 6.07) is 11.0. The Balaban J connectivity index is 1.81. The van der Waals surface area contributed by atoms with Gasteiger partial charge in [0.25, 0.3) is 0 Å². The number of aromatic nitrogens is 1.